The van der Waals surface area contributed by atoms with Crippen molar-refractivity contribution in [3.63, 3.8) is 0 Å². The highest BCUT2D eigenvalue weighted by molar-refractivity contribution is 5.91. The Morgan fingerprint density at radius 3 is 2.67 bits per heavy atom. The van der Waals surface area contributed by atoms with Crippen LogP contribution in [0.2, 0.25) is 0 Å². The van der Waals surface area contributed by atoms with Crippen LogP contribution in [-0.2, 0) is 0 Å². The van der Waals surface area contributed by atoms with Crippen molar-refractivity contribution in [1.82, 2.24) is 4.98 Å². The van der Waals surface area contributed by atoms with Crippen LogP contribution in [0.3, 0.4) is 0 Å². The van der Waals surface area contributed by atoms with Crippen LogP contribution in [0.25, 0.3) is 11.1 Å². The van der Waals surface area contributed by atoms with Crippen LogP contribution in [0.4, 0.5) is 0 Å². The summed E-state index contributed by atoms with van der Waals surface area (Å²) in [5.74, 6) is -0.0171. The number of fused-ring (bicyclic) bond motifs is 1. The van der Waals surface area contributed by atoms with Crippen LogP contribution in [-0.4, -0.2) is 23.2 Å². The average Bonchev–Trinajstić information content (AvgIpc) is 2.89. The summed E-state index contributed by atoms with van der Waals surface area (Å²) >= 11 is 0. The Kier molecular flexibility index (Phi) is 3.19. The van der Waals surface area contributed by atoms with E-state index in [1.165, 1.54) is 19.2 Å². The molecular weight excluding hydrogens is 274 g/mol. The third kappa shape index (κ3) is 2.51. The fourth-order valence-corrected chi connectivity index (χ4v) is 1.88. The van der Waals surface area contributed by atoms with Gasteiger partial charge in [0.2, 0.25) is 0 Å². The maximum atomic E-state index is 10.9. The van der Waals surface area contributed by atoms with E-state index in [0.29, 0.717) is 22.6 Å². The molecule has 3 rings (SSSR count). The van der Waals surface area contributed by atoms with Crippen molar-refractivity contribution in [3.8, 4) is 17.6 Å². The van der Waals surface area contributed by atoms with Gasteiger partial charge in [-0.25, -0.2) is 4.79 Å². The number of para-hydroxylation sites is 2. The number of carboxylic acid groups (broad SMARTS) is 1. The van der Waals surface area contributed by atoms with E-state index >= 15 is 0 Å². The molecule has 0 spiro atoms. The Bertz CT molecular complexity index is 809. The number of nitrogens with zero attached hydrogens (tertiary/aromatic N) is 1. The third-order valence-corrected chi connectivity index (χ3v) is 2.88. The molecule has 0 fully saturated rings. The van der Waals surface area contributed by atoms with Crippen molar-refractivity contribution in [1.29, 1.82) is 0 Å². The number of hydrogen-bond acceptors (Lipinski definition) is 5. The third-order valence-electron chi connectivity index (χ3n) is 2.88. The summed E-state index contributed by atoms with van der Waals surface area (Å²) in [5.41, 5.74) is 0.993. The maximum Gasteiger partial charge on any atom is 0.400 e. The number of aromatic nitrogens is 1. The monoisotopic (exact) mass is 285 g/mol. The minimum absolute atomic E-state index is 0.0250. The second-order valence-electron chi connectivity index (χ2n) is 4.22. The average molecular weight is 285 g/mol. The van der Waals surface area contributed by atoms with Crippen molar-refractivity contribution in [2.75, 3.05) is 7.11 Å². The molecule has 0 unspecified atom stereocenters. The molecule has 2 aromatic carbocycles. The predicted octanol–water partition coefficient (Wildman–Crippen LogP) is 3.33. The van der Waals surface area contributed by atoms with Crippen molar-refractivity contribution < 1.29 is 23.8 Å². The van der Waals surface area contributed by atoms with Crippen LogP contribution in [0.5, 0.6) is 17.6 Å². The van der Waals surface area contributed by atoms with E-state index in [4.69, 9.17) is 19.0 Å². The number of aromatic carboxylic acids is 1. The maximum absolute atomic E-state index is 10.9. The van der Waals surface area contributed by atoms with Gasteiger partial charge in [-0.05, 0) is 30.3 Å². The minimum atomic E-state index is -1.03. The van der Waals surface area contributed by atoms with E-state index in [9.17, 15) is 4.79 Å². The Morgan fingerprint density at radius 1 is 1.19 bits per heavy atom. The van der Waals surface area contributed by atoms with Gasteiger partial charge >= 0.3 is 12.0 Å². The summed E-state index contributed by atoms with van der Waals surface area (Å²) in [4.78, 5) is 15.1. The van der Waals surface area contributed by atoms with Crippen LogP contribution >= 0.6 is 0 Å². The fourth-order valence-electron chi connectivity index (χ4n) is 1.88. The molecule has 6 heteroatoms. The fraction of sp³-hybridized carbons (Fsp3) is 0.0667. The highest BCUT2D eigenvalue weighted by Crippen LogP contribution is 2.32. The molecule has 6 nitrogen and oxygen atoms in total. The van der Waals surface area contributed by atoms with Gasteiger partial charge in [0.15, 0.2) is 17.1 Å². The van der Waals surface area contributed by atoms with Gasteiger partial charge in [-0.15, -0.1) is 0 Å². The first-order valence-electron chi connectivity index (χ1n) is 6.12. The minimum Gasteiger partial charge on any atom is -0.493 e. The molecule has 0 aliphatic carbocycles. The van der Waals surface area contributed by atoms with E-state index in [0.717, 1.165) is 0 Å². The van der Waals surface area contributed by atoms with Crippen molar-refractivity contribution in [2.45, 2.75) is 0 Å². The smallest absolute Gasteiger partial charge is 0.400 e. The number of benzene rings is 2. The van der Waals surface area contributed by atoms with Gasteiger partial charge in [0.1, 0.15) is 5.52 Å². The lowest BCUT2D eigenvalue weighted by molar-refractivity contribution is 0.0697. The lowest BCUT2D eigenvalue weighted by Gasteiger charge is -2.05. The molecule has 1 heterocycles. The quantitative estimate of drug-likeness (QED) is 0.791. The van der Waals surface area contributed by atoms with E-state index in [1.807, 2.05) is 6.07 Å². The van der Waals surface area contributed by atoms with Gasteiger partial charge in [0, 0.05) is 0 Å². The van der Waals surface area contributed by atoms with Crippen molar-refractivity contribution in [2.24, 2.45) is 0 Å². The molecule has 0 saturated heterocycles. The van der Waals surface area contributed by atoms with E-state index < -0.39 is 5.97 Å². The molecule has 0 amide bonds. The Balaban J connectivity index is 1.96. The number of carboxylic acids is 1. The zero-order valence-corrected chi connectivity index (χ0v) is 11.1. The lowest BCUT2D eigenvalue weighted by atomic mass is 10.2. The number of ether oxygens (including phenoxy) is 2. The lowest BCUT2D eigenvalue weighted by Crippen LogP contribution is -1.94. The predicted molar refractivity (Wildman–Crippen MR) is 74.0 cm³/mol. The van der Waals surface area contributed by atoms with Gasteiger partial charge in [-0.3, -0.25) is 0 Å². The molecule has 0 bridgehead atoms. The Hall–Kier alpha value is -3.02. The Morgan fingerprint density at radius 2 is 1.95 bits per heavy atom. The highest BCUT2D eigenvalue weighted by atomic mass is 16.6. The molecule has 0 aliphatic heterocycles. The van der Waals surface area contributed by atoms with Crippen molar-refractivity contribution in [3.05, 3.63) is 48.0 Å². The van der Waals surface area contributed by atoms with Gasteiger partial charge < -0.3 is 19.0 Å². The zero-order chi connectivity index (χ0) is 14.8. The summed E-state index contributed by atoms with van der Waals surface area (Å²) in [6.07, 6.45) is 0.0250. The second-order valence-corrected chi connectivity index (χ2v) is 4.22. The van der Waals surface area contributed by atoms with E-state index in [1.54, 1.807) is 24.3 Å². The molecule has 0 atom stereocenters. The Labute approximate surface area is 119 Å². The summed E-state index contributed by atoms with van der Waals surface area (Å²) < 4.78 is 16.1. The normalized spacial score (nSPS) is 10.5. The SMILES string of the molecule is COc1ccccc1Oc1nc2ccc(C(=O)O)cc2o1. The van der Waals surface area contributed by atoms with Gasteiger partial charge in [-0.2, -0.15) is 4.98 Å². The molecule has 1 aromatic heterocycles. The number of hydrogen-bond donors (Lipinski definition) is 1. The largest absolute Gasteiger partial charge is 0.493 e. The van der Waals surface area contributed by atoms with Crippen LogP contribution in [0.15, 0.2) is 46.9 Å². The van der Waals surface area contributed by atoms with E-state index in [-0.39, 0.29) is 11.6 Å². The van der Waals surface area contributed by atoms with Gasteiger partial charge in [-0.1, -0.05) is 12.1 Å². The molecule has 0 aliphatic rings. The molecule has 0 radical (unpaired) electrons. The molecule has 106 valence electrons. The number of oxazole rings is 1. The number of carbonyl (C=O) groups is 1. The van der Waals surface area contributed by atoms with Crippen molar-refractivity contribution >= 4 is 17.1 Å². The topological polar surface area (TPSA) is 81.8 Å². The van der Waals surface area contributed by atoms with Gasteiger partial charge in [0.05, 0.1) is 12.7 Å². The van der Waals surface area contributed by atoms with Crippen LogP contribution in [0, 0.1) is 0 Å². The van der Waals surface area contributed by atoms with E-state index in [2.05, 4.69) is 4.98 Å². The summed E-state index contributed by atoms with van der Waals surface area (Å²) in [5, 5.41) is 8.94. The standard InChI is InChI=1S/C15H11NO5/c1-19-11-4-2-3-5-12(11)20-15-16-10-7-6-9(14(17)18)8-13(10)21-15/h2-8H,1H3,(H,17,18). The first kappa shape index (κ1) is 13.0. The highest BCUT2D eigenvalue weighted by Gasteiger charge is 2.13. The van der Waals surface area contributed by atoms with Gasteiger partial charge in [0.25, 0.3) is 0 Å². The van der Waals surface area contributed by atoms with Crippen LogP contribution < -0.4 is 9.47 Å². The summed E-state index contributed by atoms with van der Waals surface area (Å²) in [7, 11) is 1.54. The molecule has 0 saturated carbocycles. The molecule has 3 aromatic rings. The molecule has 1 N–H and O–H groups in total. The van der Waals surface area contributed by atoms with Crippen LogP contribution in [0.1, 0.15) is 10.4 Å². The second kappa shape index (κ2) is 5.16. The first-order chi connectivity index (χ1) is 10.2. The first-order valence-corrected chi connectivity index (χ1v) is 6.12. The number of rotatable bonds is 4. The summed E-state index contributed by atoms with van der Waals surface area (Å²) in [6, 6.07) is 11.5. The molecular formula is C15H11NO5. The molecule has 21 heavy (non-hydrogen) atoms. The zero-order valence-electron chi connectivity index (χ0n) is 11.1. The number of methoxy groups -OCH3 is 1. The summed E-state index contributed by atoms with van der Waals surface area (Å²) in [6.45, 7) is 0.